The van der Waals surface area contributed by atoms with Crippen LogP contribution in [0.3, 0.4) is 0 Å². The number of rotatable bonds is 4. The van der Waals surface area contributed by atoms with E-state index in [9.17, 15) is 4.79 Å². The summed E-state index contributed by atoms with van der Waals surface area (Å²) in [4.78, 5) is 21.2. The summed E-state index contributed by atoms with van der Waals surface area (Å²) in [5.74, 6) is 1.27. The van der Waals surface area contributed by atoms with Crippen molar-refractivity contribution in [3.05, 3.63) is 12.2 Å². The van der Waals surface area contributed by atoms with E-state index in [2.05, 4.69) is 27.2 Å². The quantitative estimate of drug-likeness (QED) is 0.830. The van der Waals surface area contributed by atoms with Crippen LogP contribution in [0.5, 0.6) is 0 Å². The molecule has 0 aromatic carbocycles. The fourth-order valence-electron chi connectivity index (χ4n) is 3.36. The second-order valence-corrected chi connectivity index (χ2v) is 6.24. The minimum Gasteiger partial charge on any atom is -0.339 e. The maximum absolute atomic E-state index is 12.6. The highest BCUT2D eigenvalue weighted by Gasteiger charge is 2.27. The fourth-order valence-corrected chi connectivity index (χ4v) is 3.36. The number of hydrogen-bond donors (Lipinski definition) is 1. The lowest BCUT2D eigenvalue weighted by Crippen LogP contribution is -2.55. The van der Waals surface area contributed by atoms with Crippen molar-refractivity contribution < 1.29 is 4.79 Å². The number of aromatic nitrogens is 3. The van der Waals surface area contributed by atoms with Crippen molar-refractivity contribution in [1.82, 2.24) is 29.9 Å². The molecule has 7 nitrogen and oxygen atoms in total. The predicted octanol–water partition coefficient (Wildman–Crippen LogP) is -0.265. The molecular weight excluding hydrogens is 280 g/mol. The molecule has 0 aliphatic carbocycles. The van der Waals surface area contributed by atoms with Crippen LogP contribution >= 0.6 is 0 Å². The molecule has 0 saturated carbocycles. The molecule has 1 N–H and O–H groups in total. The van der Waals surface area contributed by atoms with Gasteiger partial charge in [-0.05, 0) is 19.9 Å². The van der Waals surface area contributed by atoms with Crippen LogP contribution in [0, 0.1) is 0 Å². The molecule has 0 spiro atoms. The number of fused-ring (bicyclic) bond motifs is 1. The van der Waals surface area contributed by atoms with E-state index in [1.54, 1.807) is 6.33 Å². The van der Waals surface area contributed by atoms with Crippen LogP contribution in [0.2, 0.25) is 0 Å². The van der Waals surface area contributed by atoms with E-state index in [1.165, 1.54) is 0 Å². The molecule has 3 heterocycles. The highest BCUT2D eigenvalue weighted by atomic mass is 16.2. The largest absolute Gasteiger partial charge is 0.339 e. The molecule has 2 aliphatic rings. The first-order valence-corrected chi connectivity index (χ1v) is 8.31. The third kappa shape index (κ3) is 3.30. The number of hydrogen-bond acceptors (Lipinski definition) is 5. The highest BCUT2D eigenvalue weighted by Crippen LogP contribution is 2.12. The first-order chi connectivity index (χ1) is 10.7. The zero-order valence-electron chi connectivity index (χ0n) is 13.5. The van der Waals surface area contributed by atoms with E-state index in [-0.39, 0.29) is 11.9 Å². The Kier molecular flexibility index (Phi) is 4.73. The van der Waals surface area contributed by atoms with E-state index < -0.39 is 0 Å². The second kappa shape index (κ2) is 6.75. The standard InChI is InChI=1S/C15H26N6O/c1-3-19-6-8-20(9-7-19)15(22)12(2)18-13-4-5-14-16-11-17-21(14)10-13/h11-13,18H,3-10H2,1-2H3. The number of piperazine rings is 1. The Morgan fingerprint density at radius 1 is 1.41 bits per heavy atom. The Hall–Kier alpha value is -1.47. The molecule has 2 unspecified atom stereocenters. The van der Waals surface area contributed by atoms with Gasteiger partial charge in [-0.25, -0.2) is 9.67 Å². The Morgan fingerprint density at radius 2 is 2.18 bits per heavy atom. The smallest absolute Gasteiger partial charge is 0.239 e. The van der Waals surface area contributed by atoms with Gasteiger partial charge in [0.05, 0.1) is 12.6 Å². The normalized spacial score (nSPS) is 24.1. The van der Waals surface area contributed by atoms with Gasteiger partial charge in [0.25, 0.3) is 0 Å². The molecule has 1 saturated heterocycles. The zero-order valence-corrected chi connectivity index (χ0v) is 13.5. The number of nitrogens with zero attached hydrogens (tertiary/aromatic N) is 5. The van der Waals surface area contributed by atoms with Gasteiger partial charge < -0.3 is 15.1 Å². The first-order valence-electron chi connectivity index (χ1n) is 8.31. The Bertz CT molecular complexity index is 508. The van der Waals surface area contributed by atoms with Crippen molar-refractivity contribution in [2.24, 2.45) is 0 Å². The van der Waals surface area contributed by atoms with Crippen molar-refractivity contribution >= 4 is 5.91 Å². The number of likely N-dealkylation sites (N-methyl/N-ethyl adjacent to an activating group) is 1. The Morgan fingerprint density at radius 3 is 2.91 bits per heavy atom. The van der Waals surface area contributed by atoms with Crippen molar-refractivity contribution in [1.29, 1.82) is 0 Å². The van der Waals surface area contributed by atoms with Crippen LogP contribution in [-0.2, 0) is 17.8 Å². The molecule has 1 aromatic rings. The molecule has 2 aliphatic heterocycles. The molecule has 2 atom stereocenters. The molecule has 7 heteroatoms. The average molecular weight is 306 g/mol. The number of aryl methyl sites for hydroxylation is 1. The van der Waals surface area contributed by atoms with Crippen LogP contribution in [0.4, 0.5) is 0 Å². The van der Waals surface area contributed by atoms with Gasteiger partial charge in [-0.15, -0.1) is 0 Å². The van der Waals surface area contributed by atoms with Gasteiger partial charge in [-0.2, -0.15) is 5.10 Å². The van der Waals surface area contributed by atoms with Crippen molar-refractivity contribution in [3.63, 3.8) is 0 Å². The van der Waals surface area contributed by atoms with Crippen LogP contribution in [0.25, 0.3) is 0 Å². The third-order valence-electron chi connectivity index (χ3n) is 4.79. The highest BCUT2D eigenvalue weighted by molar-refractivity contribution is 5.81. The molecule has 0 bridgehead atoms. The molecule has 1 fully saturated rings. The third-order valence-corrected chi connectivity index (χ3v) is 4.79. The van der Waals surface area contributed by atoms with E-state index in [0.29, 0.717) is 6.04 Å². The summed E-state index contributed by atoms with van der Waals surface area (Å²) in [6, 6.07) is 0.160. The summed E-state index contributed by atoms with van der Waals surface area (Å²) in [5.41, 5.74) is 0. The summed E-state index contributed by atoms with van der Waals surface area (Å²) < 4.78 is 1.94. The number of nitrogens with one attached hydrogen (secondary N) is 1. The van der Waals surface area contributed by atoms with Crippen molar-refractivity contribution in [3.8, 4) is 0 Å². The SMILES string of the molecule is CCN1CCN(C(=O)C(C)NC2CCc3ncnn3C2)CC1. The van der Waals surface area contributed by atoms with Crippen LogP contribution in [0.1, 0.15) is 26.1 Å². The van der Waals surface area contributed by atoms with E-state index in [4.69, 9.17) is 0 Å². The Balaban J connectivity index is 1.50. The van der Waals surface area contributed by atoms with Gasteiger partial charge in [0.15, 0.2) is 0 Å². The van der Waals surface area contributed by atoms with Gasteiger partial charge in [-0.1, -0.05) is 6.92 Å². The lowest BCUT2D eigenvalue weighted by Gasteiger charge is -2.36. The number of carbonyl (C=O) groups excluding carboxylic acids is 1. The van der Waals surface area contributed by atoms with Gasteiger partial charge in [0.2, 0.25) is 5.91 Å². The maximum atomic E-state index is 12.6. The van der Waals surface area contributed by atoms with Crippen LogP contribution < -0.4 is 5.32 Å². The second-order valence-electron chi connectivity index (χ2n) is 6.24. The number of carbonyl (C=O) groups is 1. The summed E-state index contributed by atoms with van der Waals surface area (Å²) in [6.45, 7) is 9.68. The van der Waals surface area contributed by atoms with Crippen molar-refractivity contribution in [2.75, 3.05) is 32.7 Å². The minimum atomic E-state index is -0.136. The minimum absolute atomic E-state index is 0.136. The van der Waals surface area contributed by atoms with E-state index in [1.807, 2.05) is 16.5 Å². The number of amides is 1. The zero-order chi connectivity index (χ0) is 15.5. The summed E-state index contributed by atoms with van der Waals surface area (Å²) in [5, 5.41) is 7.71. The molecule has 1 aromatic heterocycles. The molecule has 22 heavy (non-hydrogen) atoms. The monoisotopic (exact) mass is 306 g/mol. The van der Waals surface area contributed by atoms with Gasteiger partial charge in [0.1, 0.15) is 12.2 Å². The molecular formula is C15H26N6O. The van der Waals surface area contributed by atoms with Crippen LogP contribution in [-0.4, -0.2) is 75.3 Å². The van der Waals surface area contributed by atoms with Gasteiger partial charge in [-0.3, -0.25) is 4.79 Å². The molecule has 0 radical (unpaired) electrons. The fraction of sp³-hybridized carbons (Fsp3) is 0.800. The molecule has 3 rings (SSSR count). The van der Waals surface area contributed by atoms with Gasteiger partial charge >= 0.3 is 0 Å². The summed E-state index contributed by atoms with van der Waals surface area (Å²) >= 11 is 0. The molecule has 1 amide bonds. The maximum Gasteiger partial charge on any atom is 0.239 e. The molecule has 122 valence electrons. The first kappa shape index (κ1) is 15.4. The topological polar surface area (TPSA) is 66.3 Å². The van der Waals surface area contributed by atoms with E-state index >= 15 is 0 Å². The average Bonchev–Trinajstić information content (AvgIpc) is 3.02. The lowest BCUT2D eigenvalue weighted by atomic mass is 10.1. The predicted molar refractivity (Wildman–Crippen MR) is 83.4 cm³/mol. The van der Waals surface area contributed by atoms with Gasteiger partial charge in [0, 0.05) is 38.6 Å². The Labute approximate surface area is 131 Å². The van der Waals surface area contributed by atoms with Crippen molar-refractivity contribution in [2.45, 2.75) is 45.3 Å². The summed E-state index contributed by atoms with van der Waals surface area (Å²) in [6.07, 6.45) is 3.55. The lowest BCUT2D eigenvalue weighted by molar-refractivity contribution is -0.135. The van der Waals surface area contributed by atoms with E-state index in [0.717, 1.165) is 57.9 Å². The van der Waals surface area contributed by atoms with Crippen LogP contribution in [0.15, 0.2) is 6.33 Å². The summed E-state index contributed by atoms with van der Waals surface area (Å²) in [7, 11) is 0.